The molecule has 1 unspecified atom stereocenters. The molecule has 0 spiro atoms. The monoisotopic (exact) mass is 317 g/mol. The highest BCUT2D eigenvalue weighted by Crippen LogP contribution is 2.22. The van der Waals surface area contributed by atoms with Crippen LogP contribution in [0.15, 0.2) is 23.1 Å². The van der Waals surface area contributed by atoms with E-state index in [9.17, 15) is 13.2 Å². The fourth-order valence-corrected chi connectivity index (χ4v) is 2.88. The smallest absolute Gasteiger partial charge is 0.261 e. The van der Waals surface area contributed by atoms with E-state index in [1.165, 1.54) is 12.1 Å². The molecule has 1 fully saturated rings. The molecular weight excluding hydrogens is 302 g/mol. The Labute approximate surface area is 122 Å². The molecule has 5 nitrogen and oxygen atoms in total. The quantitative estimate of drug-likeness (QED) is 0.863. The van der Waals surface area contributed by atoms with Crippen molar-refractivity contribution >= 4 is 25.6 Å². The van der Waals surface area contributed by atoms with E-state index >= 15 is 0 Å². The van der Waals surface area contributed by atoms with Crippen LogP contribution in [0.25, 0.3) is 0 Å². The zero-order valence-electron chi connectivity index (χ0n) is 11.3. The van der Waals surface area contributed by atoms with Crippen LogP contribution < -0.4 is 5.32 Å². The standard InChI is InChI=1S/C13H16ClNO4S/c1-9-3-4-10(20(14,17)18)7-11(9)12(16)15-13(2)5-6-19-8-13/h3-4,7H,5-6,8H2,1-2H3,(H,15,16). The van der Waals surface area contributed by atoms with Crippen LogP contribution >= 0.6 is 10.7 Å². The molecule has 0 saturated carbocycles. The fourth-order valence-electron chi connectivity index (χ4n) is 2.10. The van der Waals surface area contributed by atoms with Gasteiger partial charge in [0.1, 0.15) is 0 Å². The lowest BCUT2D eigenvalue weighted by Crippen LogP contribution is -2.46. The van der Waals surface area contributed by atoms with Crippen molar-refractivity contribution in [3.05, 3.63) is 29.3 Å². The summed E-state index contributed by atoms with van der Waals surface area (Å²) in [5, 5.41) is 2.89. The zero-order chi connectivity index (χ0) is 15.0. The van der Waals surface area contributed by atoms with Crippen molar-refractivity contribution in [3.8, 4) is 0 Å². The molecule has 1 aliphatic rings. The number of amides is 1. The molecule has 1 atom stereocenters. The molecule has 1 aromatic rings. The number of nitrogens with one attached hydrogen (secondary N) is 1. The van der Waals surface area contributed by atoms with E-state index in [0.717, 1.165) is 6.42 Å². The van der Waals surface area contributed by atoms with Gasteiger partial charge < -0.3 is 10.1 Å². The molecule has 0 radical (unpaired) electrons. The normalized spacial score (nSPS) is 22.8. The Bertz CT molecular complexity index is 636. The Morgan fingerprint density at radius 1 is 1.45 bits per heavy atom. The summed E-state index contributed by atoms with van der Waals surface area (Å²) in [4.78, 5) is 12.2. The van der Waals surface area contributed by atoms with Gasteiger partial charge in [-0.25, -0.2) is 8.42 Å². The van der Waals surface area contributed by atoms with Crippen LogP contribution in [0.1, 0.15) is 29.3 Å². The Balaban J connectivity index is 2.30. The molecular formula is C13H16ClNO4S. The minimum absolute atomic E-state index is 0.0808. The molecule has 1 saturated heterocycles. The first-order valence-corrected chi connectivity index (χ1v) is 8.48. The van der Waals surface area contributed by atoms with E-state index < -0.39 is 14.6 Å². The van der Waals surface area contributed by atoms with Gasteiger partial charge in [0.05, 0.1) is 17.0 Å². The van der Waals surface area contributed by atoms with Crippen molar-refractivity contribution < 1.29 is 17.9 Å². The van der Waals surface area contributed by atoms with E-state index in [4.69, 9.17) is 15.4 Å². The van der Waals surface area contributed by atoms with Gasteiger partial charge in [-0.15, -0.1) is 0 Å². The number of ether oxygens (including phenoxy) is 1. The second-order valence-electron chi connectivity index (χ2n) is 5.23. The van der Waals surface area contributed by atoms with Gasteiger partial charge >= 0.3 is 0 Å². The largest absolute Gasteiger partial charge is 0.379 e. The first-order chi connectivity index (χ1) is 9.21. The summed E-state index contributed by atoms with van der Waals surface area (Å²) < 4.78 is 28.0. The average Bonchev–Trinajstić information content (AvgIpc) is 2.74. The van der Waals surface area contributed by atoms with Crippen molar-refractivity contribution in [3.63, 3.8) is 0 Å². The average molecular weight is 318 g/mol. The van der Waals surface area contributed by atoms with Crippen molar-refractivity contribution in [2.75, 3.05) is 13.2 Å². The number of hydrogen-bond donors (Lipinski definition) is 1. The highest BCUT2D eigenvalue weighted by atomic mass is 35.7. The maximum Gasteiger partial charge on any atom is 0.261 e. The molecule has 0 bridgehead atoms. The summed E-state index contributed by atoms with van der Waals surface area (Å²) in [7, 11) is 1.46. The van der Waals surface area contributed by atoms with E-state index in [2.05, 4.69) is 5.32 Å². The van der Waals surface area contributed by atoms with Crippen molar-refractivity contribution in [2.45, 2.75) is 30.7 Å². The van der Waals surface area contributed by atoms with Crippen LogP contribution in [0.5, 0.6) is 0 Å². The lowest BCUT2D eigenvalue weighted by Gasteiger charge is -2.24. The summed E-state index contributed by atoms with van der Waals surface area (Å²) in [6, 6.07) is 4.25. The fraction of sp³-hybridized carbons (Fsp3) is 0.462. The molecule has 1 N–H and O–H groups in total. The van der Waals surface area contributed by atoms with Crippen molar-refractivity contribution in [1.29, 1.82) is 0 Å². The minimum atomic E-state index is -3.85. The van der Waals surface area contributed by atoms with Crippen LogP contribution in [0.2, 0.25) is 0 Å². The Hall–Kier alpha value is -1.11. The lowest BCUT2D eigenvalue weighted by atomic mass is 10.00. The lowest BCUT2D eigenvalue weighted by molar-refractivity contribution is 0.0889. The SMILES string of the molecule is Cc1ccc(S(=O)(=O)Cl)cc1C(=O)NC1(C)CCOC1. The maximum atomic E-state index is 12.3. The highest BCUT2D eigenvalue weighted by molar-refractivity contribution is 8.13. The van der Waals surface area contributed by atoms with Gasteiger partial charge in [-0.3, -0.25) is 4.79 Å². The third kappa shape index (κ3) is 3.31. The van der Waals surface area contributed by atoms with Crippen molar-refractivity contribution in [1.82, 2.24) is 5.32 Å². The predicted molar refractivity (Wildman–Crippen MR) is 75.5 cm³/mol. The van der Waals surface area contributed by atoms with Crippen molar-refractivity contribution in [2.24, 2.45) is 0 Å². The molecule has 110 valence electrons. The molecule has 2 rings (SSSR count). The van der Waals surface area contributed by atoms with Gasteiger partial charge in [-0.05, 0) is 38.0 Å². The highest BCUT2D eigenvalue weighted by Gasteiger charge is 2.32. The second kappa shape index (κ2) is 5.35. The summed E-state index contributed by atoms with van der Waals surface area (Å²) >= 11 is 0. The Morgan fingerprint density at radius 2 is 2.15 bits per heavy atom. The third-order valence-corrected chi connectivity index (χ3v) is 4.72. The first kappa shape index (κ1) is 15.3. The number of rotatable bonds is 3. The molecule has 1 amide bonds. The number of halogens is 1. The van der Waals surface area contributed by atoms with Gasteiger partial charge in [0.15, 0.2) is 0 Å². The van der Waals surface area contributed by atoms with Gasteiger partial charge in [0.2, 0.25) is 0 Å². The van der Waals surface area contributed by atoms with Gasteiger partial charge in [-0.2, -0.15) is 0 Å². The summed E-state index contributed by atoms with van der Waals surface area (Å²) in [6.07, 6.45) is 0.727. The topological polar surface area (TPSA) is 72.5 Å². The molecule has 0 aromatic heterocycles. The van der Waals surface area contributed by atoms with E-state index in [-0.39, 0.29) is 10.8 Å². The van der Waals surface area contributed by atoms with E-state index in [0.29, 0.717) is 24.3 Å². The summed E-state index contributed by atoms with van der Waals surface area (Å²) in [5.41, 5.74) is 0.577. The minimum Gasteiger partial charge on any atom is -0.379 e. The predicted octanol–water partition coefficient (Wildman–Crippen LogP) is 1.83. The zero-order valence-corrected chi connectivity index (χ0v) is 12.8. The summed E-state index contributed by atoms with van der Waals surface area (Å²) in [5.74, 6) is -0.322. The van der Waals surface area contributed by atoms with Gasteiger partial charge in [-0.1, -0.05) is 6.07 Å². The molecule has 20 heavy (non-hydrogen) atoms. The van der Waals surface area contributed by atoms with Gasteiger partial charge in [0, 0.05) is 22.9 Å². The Kier molecular flexibility index (Phi) is 4.09. The number of carbonyl (C=O) groups is 1. The van der Waals surface area contributed by atoms with E-state index in [1.807, 2.05) is 6.92 Å². The number of benzene rings is 1. The second-order valence-corrected chi connectivity index (χ2v) is 7.80. The molecule has 1 aromatic carbocycles. The van der Waals surface area contributed by atoms with Gasteiger partial charge in [0.25, 0.3) is 15.0 Å². The molecule has 7 heteroatoms. The van der Waals surface area contributed by atoms with E-state index in [1.54, 1.807) is 13.0 Å². The number of hydrogen-bond acceptors (Lipinski definition) is 4. The molecule has 1 heterocycles. The molecule has 0 aliphatic carbocycles. The third-order valence-electron chi connectivity index (χ3n) is 3.37. The number of carbonyl (C=O) groups excluding carboxylic acids is 1. The summed E-state index contributed by atoms with van der Waals surface area (Å²) in [6.45, 7) is 4.69. The van der Waals surface area contributed by atoms with Crippen LogP contribution in [0, 0.1) is 6.92 Å². The van der Waals surface area contributed by atoms with Crippen LogP contribution in [-0.4, -0.2) is 33.1 Å². The van der Waals surface area contributed by atoms with Crippen LogP contribution in [-0.2, 0) is 13.8 Å². The van der Waals surface area contributed by atoms with Crippen LogP contribution in [0.3, 0.4) is 0 Å². The number of aryl methyl sites for hydroxylation is 1. The maximum absolute atomic E-state index is 12.3. The first-order valence-electron chi connectivity index (χ1n) is 6.17. The molecule has 1 aliphatic heterocycles. The van der Waals surface area contributed by atoms with Crippen LogP contribution in [0.4, 0.5) is 0 Å². The Morgan fingerprint density at radius 3 is 2.70 bits per heavy atom.